The molecule has 0 bridgehead atoms. The molecule has 7 heteroatoms. The van der Waals surface area contributed by atoms with Gasteiger partial charge in [-0.2, -0.15) is 8.75 Å². The maximum absolute atomic E-state index is 5.31. The summed E-state index contributed by atoms with van der Waals surface area (Å²) in [5.74, 6) is 0.675. The third-order valence-electron chi connectivity index (χ3n) is 11.5. The second kappa shape index (κ2) is 13.9. The number of hydrogen-bond acceptors (Lipinski definition) is 6. The summed E-state index contributed by atoms with van der Waals surface area (Å²) in [5, 5.41) is 5.66. The summed E-state index contributed by atoms with van der Waals surface area (Å²) in [6.45, 7) is 0. The third-order valence-corrected chi connectivity index (χ3v) is 12.0. The van der Waals surface area contributed by atoms with Gasteiger partial charge in [0.25, 0.3) is 0 Å². The van der Waals surface area contributed by atoms with Gasteiger partial charge in [0, 0.05) is 54.9 Å². The van der Waals surface area contributed by atoms with E-state index in [-0.39, 0.29) is 0 Å². The molecule has 4 heterocycles. The molecule has 0 radical (unpaired) electrons. The van der Waals surface area contributed by atoms with E-state index >= 15 is 0 Å². The Morgan fingerprint density at radius 2 is 0.967 bits per heavy atom. The van der Waals surface area contributed by atoms with Gasteiger partial charge in [-0.3, -0.25) is 0 Å². The summed E-state index contributed by atoms with van der Waals surface area (Å²) in [6.07, 6.45) is 0. The summed E-state index contributed by atoms with van der Waals surface area (Å²) < 4.78 is 11.7. The molecule has 4 aromatic heterocycles. The molecule has 60 heavy (non-hydrogen) atoms. The van der Waals surface area contributed by atoms with E-state index in [4.69, 9.17) is 19.3 Å². The fraction of sp³-hybridized carbons (Fsp3) is 0. The Balaban J connectivity index is 0.998. The number of rotatable bonds is 6. The quantitative estimate of drug-likeness (QED) is 0.157. The average molecular weight is 785 g/mol. The lowest BCUT2D eigenvalue weighted by atomic mass is 9.96. The standard InChI is InChI=1S/C53H32N6S/c1-3-13-33(14-4-1)51-43-27-28-44-52(58-60-57-44)50(43)42-26-25-36(31-47(42)54-51)35-17-11-18-37(29-35)45-32-46(56-53(55-45)34-15-5-2-6-16-34)38-19-12-20-39(30-38)59-48-23-9-7-21-40(48)41-22-8-10-24-49(41)59/h1-32H. The van der Waals surface area contributed by atoms with Gasteiger partial charge in [0.15, 0.2) is 5.82 Å². The largest absolute Gasteiger partial charge is 0.309 e. The first kappa shape index (κ1) is 34.2. The maximum Gasteiger partial charge on any atom is 0.160 e. The lowest BCUT2D eigenvalue weighted by molar-refractivity contribution is 1.16. The van der Waals surface area contributed by atoms with Crippen LogP contribution in [0.1, 0.15) is 0 Å². The van der Waals surface area contributed by atoms with Gasteiger partial charge in [-0.1, -0.05) is 140 Å². The van der Waals surface area contributed by atoms with E-state index in [1.165, 1.54) is 33.5 Å². The topological polar surface area (TPSA) is 69.4 Å². The minimum absolute atomic E-state index is 0.675. The molecule has 0 unspecified atom stereocenters. The average Bonchev–Trinajstić information content (AvgIpc) is 3.95. The van der Waals surface area contributed by atoms with E-state index in [0.29, 0.717) is 5.82 Å². The number of fused-ring (bicyclic) bond motifs is 8. The van der Waals surface area contributed by atoms with Gasteiger partial charge in [0.1, 0.15) is 11.0 Å². The number of nitrogens with zero attached hydrogens (tertiary/aromatic N) is 6. The van der Waals surface area contributed by atoms with Crippen LogP contribution in [0.2, 0.25) is 0 Å². The zero-order valence-electron chi connectivity index (χ0n) is 32.1. The number of hydrogen-bond donors (Lipinski definition) is 0. The van der Waals surface area contributed by atoms with Gasteiger partial charge in [-0.15, -0.1) is 0 Å². The van der Waals surface area contributed by atoms with Gasteiger partial charge < -0.3 is 4.57 Å². The molecule has 0 aliphatic heterocycles. The first-order chi connectivity index (χ1) is 29.7. The van der Waals surface area contributed by atoms with Crippen molar-refractivity contribution < 1.29 is 0 Å². The van der Waals surface area contributed by atoms with Crippen molar-refractivity contribution in [2.45, 2.75) is 0 Å². The maximum atomic E-state index is 5.31. The number of pyridine rings is 1. The minimum Gasteiger partial charge on any atom is -0.309 e. The van der Waals surface area contributed by atoms with Crippen LogP contribution < -0.4 is 0 Å². The van der Waals surface area contributed by atoms with Crippen LogP contribution in [0.15, 0.2) is 194 Å². The Labute approximate surface area is 349 Å². The molecule has 0 aliphatic carbocycles. The molecule has 0 atom stereocenters. The van der Waals surface area contributed by atoms with Crippen molar-refractivity contribution in [3.8, 4) is 62.0 Å². The molecule has 0 saturated heterocycles. The van der Waals surface area contributed by atoms with Crippen molar-refractivity contribution in [1.29, 1.82) is 0 Å². The highest BCUT2D eigenvalue weighted by atomic mass is 32.1. The van der Waals surface area contributed by atoms with E-state index in [0.717, 1.165) is 88.9 Å². The Morgan fingerprint density at radius 1 is 0.367 bits per heavy atom. The van der Waals surface area contributed by atoms with E-state index in [1.54, 1.807) is 0 Å². The molecule has 6 nitrogen and oxygen atoms in total. The predicted molar refractivity (Wildman–Crippen MR) is 247 cm³/mol. The Hall–Kier alpha value is -7.87. The van der Waals surface area contributed by atoms with Crippen LogP contribution in [-0.4, -0.2) is 28.3 Å². The fourth-order valence-corrected chi connectivity index (χ4v) is 9.20. The molecular weight excluding hydrogens is 753 g/mol. The third kappa shape index (κ3) is 5.67. The molecule has 280 valence electrons. The molecule has 0 saturated carbocycles. The van der Waals surface area contributed by atoms with Crippen molar-refractivity contribution in [3.63, 3.8) is 0 Å². The van der Waals surface area contributed by atoms with Crippen LogP contribution >= 0.6 is 11.7 Å². The van der Waals surface area contributed by atoms with E-state index in [1.807, 2.05) is 30.3 Å². The summed E-state index contributed by atoms with van der Waals surface area (Å²) in [6, 6.07) is 67.9. The fourth-order valence-electron chi connectivity index (χ4n) is 8.66. The Kier molecular flexibility index (Phi) is 7.92. The molecule has 0 aliphatic rings. The Morgan fingerprint density at radius 3 is 1.72 bits per heavy atom. The predicted octanol–water partition coefficient (Wildman–Crippen LogP) is 13.6. The molecule has 0 amide bonds. The molecule has 12 rings (SSSR count). The molecule has 0 N–H and O–H groups in total. The molecule has 12 aromatic rings. The first-order valence-electron chi connectivity index (χ1n) is 19.9. The minimum atomic E-state index is 0.675. The highest BCUT2D eigenvalue weighted by Crippen LogP contribution is 2.39. The van der Waals surface area contributed by atoms with Crippen LogP contribution in [0.3, 0.4) is 0 Å². The van der Waals surface area contributed by atoms with Crippen molar-refractivity contribution in [2.24, 2.45) is 0 Å². The SMILES string of the molecule is c1ccc(-c2nc(-c3cccc(-c4ccc5c(c4)nc(-c4ccccc4)c4ccc6nsnc6c45)c3)cc(-c3cccc(-n4c5ccccc5c5ccccc54)c3)n2)cc1. The van der Waals surface area contributed by atoms with Gasteiger partial charge in [0.05, 0.1) is 45.4 Å². The first-order valence-corrected chi connectivity index (χ1v) is 20.6. The zero-order chi connectivity index (χ0) is 39.6. The number of benzene rings is 8. The molecule has 8 aromatic carbocycles. The summed E-state index contributed by atoms with van der Waals surface area (Å²) >= 11 is 1.24. The number of aromatic nitrogens is 6. The summed E-state index contributed by atoms with van der Waals surface area (Å²) in [4.78, 5) is 15.7. The van der Waals surface area contributed by atoms with E-state index in [9.17, 15) is 0 Å². The van der Waals surface area contributed by atoms with Gasteiger partial charge >= 0.3 is 0 Å². The van der Waals surface area contributed by atoms with Gasteiger partial charge in [-0.05, 0) is 65.7 Å². The molecule has 0 fully saturated rings. The van der Waals surface area contributed by atoms with Gasteiger partial charge in [0.2, 0.25) is 0 Å². The van der Waals surface area contributed by atoms with Crippen molar-refractivity contribution >= 4 is 66.2 Å². The van der Waals surface area contributed by atoms with Crippen molar-refractivity contribution in [3.05, 3.63) is 194 Å². The molecular formula is C53H32N6S. The smallest absolute Gasteiger partial charge is 0.160 e. The Bertz CT molecular complexity index is 3560. The van der Waals surface area contributed by atoms with Crippen LogP contribution in [0.5, 0.6) is 0 Å². The second-order valence-electron chi connectivity index (χ2n) is 15.0. The lowest BCUT2D eigenvalue weighted by Gasteiger charge is -2.13. The number of para-hydroxylation sites is 2. The normalized spacial score (nSPS) is 11.7. The van der Waals surface area contributed by atoms with Crippen LogP contribution in [0.4, 0.5) is 0 Å². The zero-order valence-corrected chi connectivity index (χ0v) is 32.9. The summed E-state index contributed by atoms with van der Waals surface area (Å²) in [5.41, 5.74) is 14.9. The lowest BCUT2D eigenvalue weighted by Crippen LogP contribution is -1.98. The monoisotopic (exact) mass is 784 g/mol. The van der Waals surface area contributed by atoms with E-state index < -0.39 is 0 Å². The van der Waals surface area contributed by atoms with Crippen LogP contribution in [0, 0.1) is 0 Å². The van der Waals surface area contributed by atoms with Crippen molar-refractivity contribution in [1.82, 2.24) is 28.3 Å². The van der Waals surface area contributed by atoms with Crippen LogP contribution in [-0.2, 0) is 0 Å². The van der Waals surface area contributed by atoms with Crippen molar-refractivity contribution in [2.75, 3.05) is 0 Å². The van der Waals surface area contributed by atoms with Crippen LogP contribution in [0.25, 0.3) is 116 Å². The second-order valence-corrected chi connectivity index (χ2v) is 15.5. The van der Waals surface area contributed by atoms with E-state index in [2.05, 4.69) is 173 Å². The molecule has 0 spiro atoms. The highest BCUT2D eigenvalue weighted by Gasteiger charge is 2.18. The highest BCUT2D eigenvalue weighted by molar-refractivity contribution is 7.00. The summed E-state index contributed by atoms with van der Waals surface area (Å²) in [7, 11) is 0. The van der Waals surface area contributed by atoms with Gasteiger partial charge in [-0.25, -0.2) is 15.0 Å².